The number of nitrogens with zero attached hydrogens (tertiary/aromatic N) is 2. The van der Waals surface area contributed by atoms with Crippen LogP contribution in [-0.2, 0) is 0 Å². The van der Waals surface area contributed by atoms with Gasteiger partial charge in [0.1, 0.15) is 11.9 Å². The zero-order chi connectivity index (χ0) is 13.9. The third-order valence-electron chi connectivity index (χ3n) is 2.95. The molecule has 4 nitrogen and oxygen atoms in total. The van der Waals surface area contributed by atoms with Crippen molar-refractivity contribution in [2.75, 3.05) is 0 Å². The van der Waals surface area contributed by atoms with E-state index in [4.69, 9.17) is 10.3 Å². The van der Waals surface area contributed by atoms with Gasteiger partial charge in [-0.2, -0.15) is 4.98 Å². The van der Waals surface area contributed by atoms with Gasteiger partial charge in [0.2, 0.25) is 11.7 Å². The minimum atomic E-state index is -0.494. The zero-order valence-corrected chi connectivity index (χ0v) is 10.5. The topological polar surface area (TPSA) is 64.9 Å². The maximum atomic E-state index is 13.2. The van der Waals surface area contributed by atoms with Gasteiger partial charge >= 0.3 is 0 Å². The van der Waals surface area contributed by atoms with Gasteiger partial charge in [-0.05, 0) is 17.7 Å². The number of rotatable bonds is 3. The Balaban J connectivity index is 1.91. The maximum Gasteiger partial charge on any atom is 0.248 e. The summed E-state index contributed by atoms with van der Waals surface area (Å²) in [4.78, 5) is 4.23. The molecule has 3 aromatic rings. The number of benzene rings is 2. The van der Waals surface area contributed by atoms with Crippen LogP contribution in [0, 0.1) is 5.82 Å². The molecule has 0 spiro atoms. The minimum absolute atomic E-state index is 0.301. The highest BCUT2D eigenvalue weighted by molar-refractivity contribution is 5.54. The van der Waals surface area contributed by atoms with Gasteiger partial charge in [0.25, 0.3) is 0 Å². The molecule has 0 aliphatic carbocycles. The molecule has 1 aromatic heterocycles. The fourth-order valence-electron chi connectivity index (χ4n) is 1.91. The Hall–Kier alpha value is -2.53. The molecule has 0 radical (unpaired) electrons. The first-order chi connectivity index (χ1) is 9.74. The number of aromatic nitrogens is 2. The molecule has 3 rings (SSSR count). The number of nitrogens with two attached hydrogens (primary N) is 1. The Labute approximate surface area is 115 Å². The van der Waals surface area contributed by atoms with Crippen LogP contribution in [0.5, 0.6) is 0 Å². The quantitative estimate of drug-likeness (QED) is 0.794. The zero-order valence-electron chi connectivity index (χ0n) is 10.5. The molecule has 0 fully saturated rings. The van der Waals surface area contributed by atoms with Crippen molar-refractivity contribution in [1.29, 1.82) is 0 Å². The van der Waals surface area contributed by atoms with Gasteiger partial charge in [0, 0.05) is 5.56 Å². The van der Waals surface area contributed by atoms with E-state index in [1.54, 1.807) is 12.1 Å². The molecule has 20 heavy (non-hydrogen) atoms. The molecule has 2 aromatic carbocycles. The number of hydrogen-bond acceptors (Lipinski definition) is 4. The van der Waals surface area contributed by atoms with Gasteiger partial charge in [-0.3, -0.25) is 0 Å². The van der Waals surface area contributed by atoms with Crippen LogP contribution in [0.3, 0.4) is 0 Å². The van der Waals surface area contributed by atoms with Crippen molar-refractivity contribution in [1.82, 2.24) is 10.1 Å². The van der Waals surface area contributed by atoms with Crippen LogP contribution in [0.2, 0.25) is 0 Å². The van der Waals surface area contributed by atoms with E-state index in [1.807, 2.05) is 30.3 Å². The summed E-state index contributed by atoms with van der Waals surface area (Å²) in [5.74, 6) is 0.280. The lowest BCUT2D eigenvalue weighted by Crippen LogP contribution is -2.11. The van der Waals surface area contributed by atoms with E-state index >= 15 is 0 Å². The lowest BCUT2D eigenvalue weighted by atomic mass is 10.1. The van der Waals surface area contributed by atoms with E-state index < -0.39 is 6.04 Å². The van der Waals surface area contributed by atoms with E-state index in [-0.39, 0.29) is 5.82 Å². The molecule has 0 aliphatic rings. The van der Waals surface area contributed by atoms with Crippen molar-refractivity contribution in [3.63, 3.8) is 0 Å². The molecule has 0 saturated carbocycles. The van der Waals surface area contributed by atoms with Crippen LogP contribution < -0.4 is 5.73 Å². The monoisotopic (exact) mass is 269 g/mol. The Morgan fingerprint density at radius 1 is 1.05 bits per heavy atom. The number of hydrogen-bond donors (Lipinski definition) is 1. The number of halogens is 1. The molecule has 2 N–H and O–H groups in total. The summed E-state index contributed by atoms with van der Waals surface area (Å²) in [6.45, 7) is 0. The highest BCUT2D eigenvalue weighted by Crippen LogP contribution is 2.22. The summed E-state index contributed by atoms with van der Waals surface area (Å²) >= 11 is 0. The third kappa shape index (κ3) is 2.44. The average molecular weight is 269 g/mol. The molecule has 5 heteroatoms. The molecule has 0 amide bonds. The predicted octanol–water partition coefficient (Wildman–Crippen LogP) is 2.92. The Bertz CT molecular complexity index is 712. The van der Waals surface area contributed by atoms with E-state index in [9.17, 15) is 4.39 Å². The predicted molar refractivity (Wildman–Crippen MR) is 72.2 cm³/mol. The largest absolute Gasteiger partial charge is 0.337 e. The molecular formula is C15H12FN3O. The molecular weight excluding hydrogens is 257 g/mol. The van der Waals surface area contributed by atoms with Crippen LogP contribution in [0.1, 0.15) is 17.5 Å². The molecule has 0 unspecified atom stereocenters. The Morgan fingerprint density at radius 3 is 2.60 bits per heavy atom. The highest BCUT2D eigenvalue weighted by atomic mass is 19.1. The maximum absolute atomic E-state index is 13.2. The molecule has 100 valence electrons. The standard InChI is InChI=1S/C15H12FN3O/c16-12-8-4-7-11(9-12)14-18-15(20-19-14)13(17)10-5-2-1-3-6-10/h1-9,13H,17H2/t13-/m0/s1. The van der Waals surface area contributed by atoms with Gasteiger partial charge < -0.3 is 10.3 Å². The van der Waals surface area contributed by atoms with Gasteiger partial charge in [-0.15, -0.1) is 0 Å². The molecule has 0 saturated heterocycles. The molecule has 1 atom stereocenters. The van der Waals surface area contributed by atoms with E-state index in [1.165, 1.54) is 12.1 Å². The van der Waals surface area contributed by atoms with Gasteiger partial charge in [-0.25, -0.2) is 4.39 Å². The van der Waals surface area contributed by atoms with Crippen LogP contribution in [0.4, 0.5) is 4.39 Å². The second-order valence-corrected chi connectivity index (χ2v) is 4.35. The Kier molecular flexibility index (Phi) is 3.26. The van der Waals surface area contributed by atoms with Gasteiger partial charge in [-0.1, -0.05) is 47.6 Å². The first kappa shape index (κ1) is 12.5. The van der Waals surface area contributed by atoms with Gasteiger partial charge in [0.05, 0.1) is 0 Å². The summed E-state index contributed by atoms with van der Waals surface area (Å²) in [5.41, 5.74) is 7.50. The van der Waals surface area contributed by atoms with Crippen molar-refractivity contribution >= 4 is 0 Å². The summed E-state index contributed by atoms with van der Waals surface area (Å²) in [5, 5.41) is 3.84. The Morgan fingerprint density at radius 2 is 1.85 bits per heavy atom. The van der Waals surface area contributed by atoms with Gasteiger partial charge in [0.15, 0.2) is 0 Å². The van der Waals surface area contributed by atoms with Crippen LogP contribution in [-0.4, -0.2) is 10.1 Å². The second kappa shape index (κ2) is 5.22. The van der Waals surface area contributed by atoms with Crippen LogP contribution in [0.15, 0.2) is 59.1 Å². The SMILES string of the molecule is N[C@@H](c1ccccc1)c1nc(-c2cccc(F)c2)no1. The molecule has 0 bridgehead atoms. The molecule has 0 aliphatic heterocycles. The van der Waals surface area contributed by atoms with Crippen molar-refractivity contribution < 1.29 is 8.91 Å². The van der Waals surface area contributed by atoms with Crippen LogP contribution in [0.25, 0.3) is 11.4 Å². The van der Waals surface area contributed by atoms with Crippen molar-refractivity contribution in [3.05, 3.63) is 71.9 Å². The van der Waals surface area contributed by atoms with Crippen molar-refractivity contribution in [2.45, 2.75) is 6.04 Å². The highest BCUT2D eigenvalue weighted by Gasteiger charge is 2.17. The van der Waals surface area contributed by atoms with E-state index in [0.29, 0.717) is 17.3 Å². The molecule has 1 heterocycles. The smallest absolute Gasteiger partial charge is 0.248 e. The van der Waals surface area contributed by atoms with Crippen molar-refractivity contribution in [3.8, 4) is 11.4 Å². The second-order valence-electron chi connectivity index (χ2n) is 4.35. The van der Waals surface area contributed by atoms with Crippen LogP contribution >= 0.6 is 0 Å². The fraction of sp³-hybridized carbons (Fsp3) is 0.0667. The van der Waals surface area contributed by atoms with Crippen molar-refractivity contribution in [2.24, 2.45) is 5.73 Å². The third-order valence-corrected chi connectivity index (χ3v) is 2.95. The normalized spacial score (nSPS) is 12.3. The first-order valence-corrected chi connectivity index (χ1v) is 6.14. The fourth-order valence-corrected chi connectivity index (χ4v) is 1.91. The lowest BCUT2D eigenvalue weighted by Gasteiger charge is -2.05. The summed E-state index contributed by atoms with van der Waals surface area (Å²) in [6, 6.07) is 15.0. The first-order valence-electron chi connectivity index (χ1n) is 6.14. The minimum Gasteiger partial charge on any atom is -0.337 e. The lowest BCUT2D eigenvalue weighted by molar-refractivity contribution is 0.367. The summed E-state index contributed by atoms with van der Waals surface area (Å²) in [6.07, 6.45) is 0. The summed E-state index contributed by atoms with van der Waals surface area (Å²) < 4.78 is 18.3. The van der Waals surface area contributed by atoms with E-state index in [0.717, 1.165) is 5.56 Å². The summed E-state index contributed by atoms with van der Waals surface area (Å²) in [7, 11) is 0. The average Bonchev–Trinajstić information content (AvgIpc) is 2.97. The van der Waals surface area contributed by atoms with E-state index in [2.05, 4.69) is 10.1 Å².